The summed E-state index contributed by atoms with van der Waals surface area (Å²) in [5.74, 6) is 3.31. The van der Waals surface area contributed by atoms with E-state index in [1.54, 1.807) is 0 Å². The molecule has 236 valence electrons. The molecule has 9 nitrogen and oxygen atoms in total. The van der Waals surface area contributed by atoms with E-state index in [0.29, 0.717) is 30.8 Å². The molecule has 0 aromatic carbocycles. The Balaban J connectivity index is 1.44. The van der Waals surface area contributed by atoms with Gasteiger partial charge in [-0.25, -0.2) is 0 Å². The summed E-state index contributed by atoms with van der Waals surface area (Å²) in [5, 5.41) is 26.9. The Bertz CT molecular complexity index is 834. The van der Waals surface area contributed by atoms with Crippen LogP contribution in [0.25, 0.3) is 0 Å². The molecule has 0 atom stereocenters. The molecule has 0 unspecified atom stereocenters. The Labute approximate surface area is 250 Å². The molecule has 0 radical (unpaired) electrons. The Morgan fingerprint density at radius 1 is 0.561 bits per heavy atom. The molecule has 0 saturated carbocycles. The SMILES string of the molecule is CC1(C)CC(CCCCNc2nc(NCCCO)nc(NCCCCC3CC(C)(C)NC(C)(C)C3)n2)CC(C)(C)N1. The number of anilines is 3. The lowest BCUT2D eigenvalue weighted by Crippen LogP contribution is -2.57. The summed E-state index contributed by atoms with van der Waals surface area (Å²) < 4.78 is 0. The summed E-state index contributed by atoms with van der Waals surface area (Å²) in [4.78, 5) is 13.8. The van der Waals surface area contributed by atoms with Gasteiger partial charge in [0.15, 0.2) is 0 Å². The molecule has 1 aromatic heterocycles. The molecule has 41 heavy (non-hydrogen) atoms. The molecule has 0 amide bonds. The van der Waals surface area contributed by atoms with Crippen LogP contribution in [0.3, 0.4) is 0 Å². The first-order valence-corrected chi connectivity index (χ1v) is 16.3. The molecule has 2 saturated heterocycles. The second-order valence-corrected chi connectivity index (χ2v) is 15.5. The Hall–Kier alpha value is -1.71. The van der Waals surface area contributed by atoms with Crippen molar-refractivity contribution in [2.75, 3.05) is 42.2 Å². The summed E-state index contributed by atoms with van der Waals surface area (Å²) in [6, 6.07) is 0. The van der Waals surface area contributed by atoms with Gasteiger partial charge in [-0.2, -0.15) is 15.0 Å². The second kappa shape index (κ2) is 14.6. The molecule has 1 aromatic rings. The molecule has 2 fully saturated rings. The fraction of sp³-hybridized carbons (Fsp3) is 0.906. The molecular weight excluding hydrogens is 512 g/mol. The van der Waals surface area contributed by atoms with Gasteiger partial charge < -0.3 is 31.7 Å². The third-order valence-electron chi connectivity index (χ3n) is 8.45. The van der Waals surface area contributed by atoms with Gasteiger partial charge in [-0.3, -0.25) is 0 Å². The molecule has 3 rings (SSSR count). The summed E-state index contributed by atoms with van der Waals surface area (Å²) in [6.07, 6.45) is 12.7. The predicted octanol–water partition coefficient (Wildman–Crippen LogP) is 5.94. The highest BCUT2D eigenvalue weighted by Gasteiger charge is 2.38. The lowest BCUT2D eigenvalue weighted by Gasteiger charge is -2.46. The first-order valence-electron chi connectivity index (χ1n) is 16.3. The first-order chi connectivity index (χ1) is 19.2. The molecule has 2 aliphatic heterocycles. The number of aliphatic hydroxyl groups excluding tert-OH is 1. The maximum Gasteiger partial charge on any atom is 0.229 e. The van der Waals surface area contributed by atoms with Crippen molar-refractivity contribution in [2.45, 2.75) is 148 Å². The van der Waals surface area contributed by atoms with E-state index in [9.17, 15) is 0 Å². The van der Waals surface area contributed by atoms with Gasteiger partial charge in [-0.05, 0) is 112 Å². The van der Waals surface area contributed by atoms with Gasteiger partial charge in [0.05, 0.1) is 0 Å². The highest BCUT2D eigenvalue weighted by molar-refractivity contribution is 5.42. The summed E-state index contributed by atoms with van der Waals surface area (Å²) in [7, 11) is 0. The fourth-order valence-corrected chi connectivity index (χ4v) is 7.88. The lowest BCUT2D eigenvalue weighted by atomic mass is 9.74. The largest absolute Gasteiger partial charge is 0.396 e. The minimum absolute atomic E-state index is 0.144. The zero-order valence-electron chi connectivity index (χ0n) is 27.6. The van der Waals surface area contributed by atoms with Crippen molar-refractivity contribution in [3.8, 4) is 0 Å². The van der Waals surface area contributed by atoms with Crippen molar-refractivity contribution in [2.24, 2.45) is 11.8 Å². The standard InChI is InChI=1S/C32H62N8O/c1-29(2)20-24(21-30(3,4)39-29)14-9-11-16-33-26-36-27(38-28(37-26)35-18-13-19-41)34-17-12-10-15-25-22-31(5,6)40-32(7,8)23-25/h24-25,39-41H,9-23H2,1-8H3,(H3,33,34,35,36,37,38). The highest BCUT2D eigenvalue weighted by Crippen LogP contribution is 2.36. The zero-order valence-corrected chi connectivity index (χ0v) is 27.6. The quantitative estimate of drug-likeness (QED) is 0.133. The Kier molecular flexibility index (Phi) is 12.1. The maximum atomic E-state index is 9.16. The van der Waals surface area contributed by atoms with Crippen LogP contribution >= 0.6 is 0 Å². The average molecular weight is 575 g/mol. The van der Waals surface area contributed by atoms with Gasteiger partial charge in [0, 0.05) is 48.4 Å². The minimum Gasteiger partial charge on any atom is -0.396 e. The van der Waals surface area contributed by atoms with Crippen molar-refractivity contribution in [3.63, 3.8) is 0 Å². The average Bonchev–Trinajstić information content (AvgIpc) is 2.80. The summed E-state index contributed by atoms with van der Waals surface area (Å²) in [6.45, 7) is 21.1. The molecule has 0 bridgehead atoms. The topological polar surface area (TPSA) is 119 Å². The van der Waals surface area contributed by atoms with E-state index in [4.69, 9.17) is 5.11 Å². The maximum absolute atomic E-state index is 9.16. The normalized spacial score (nSPS) is 21.9. The van der Waals surface area contributed by atoms with Crippen LogP contribution in [0.1, 0.15) is 126 Å². The number of rotatable bonds is 16. The lowest BCUT2D eigenvalue weighted by molar-refractivity contribution is 0.121. The molecule has 2 aliphatic rings. The van der Waals surface area contributed by atoms with E-state index in [-0.39, 0.29) is 28.8 Å². The van der Waals surface area contributed by atoms with E-state index in [0.717, 1.165) is 37.8 Å². The predicted molar refractivity (Wildman–Crippen MR) is 173 cm³/mol. The number of unbranched alkanes of at least 4 members (excludes halogenated alkanes) is 2. The number of hydrogen-bond acceptors (Lipinski definition) is 9. The summed E-state index contributed by atoms with van der Waals surface area (Å²) >= 11 is 0. The van der Waals surface area contributed by atoms with Crippen LogP contribution in [-0.2, 0) is 0 Å². The first kappa shape index (κ1) is 33.8. The van der Waals surface area contributed by atoms with Gasteiger partial charge >= 0.3 is 0 Å². The molecule has 0 spiro atoms. The van der Waals surface area contributed by atoms with E-state index >= 15 is 0 Å². The number of aliphatic hydroxyl groups is 1. The number of aromatic nitrogens is 3. The Morgan fingerprint density at radius 3 is 1.20 bits per heavy atom. The number of nitrogens with zero attached hydrogens (tertiary/aromatic N) is 3. The van der Waals surface area contributed by atoms with Crippen LogP contribution in [0.5, 0.6) is 0 Å². The number of hydrogen-bond donors (Lipinski definition) is 6. The molecule has 0 aliphatic carbocycles. The Morgan fingerprint density at radius 2 is 0.878 bits per heavy atom. The fourth-order valence-electron chi connectivity index (χ4n) is 7.88. The monoisotopic (exact) mass is 575 g/mol. The van der Waals surface area contributed by atoms with Crippen LogP contribution in [0.15, 0.2) is 0 Å². The number of nitrogens with one attached hydrogen (secondary N) is 5. The van der Waals surface area contributed by atoms with Crippen molar-refractivity contribution < 1.29 is 5.11 Å². The van der Waals surface area contributed by atoms with E-state index < -0.39 is 0 Å². The molecular formula is C32H62N8O. The van der Waals surface area contributed by atoms with Crippen molar-refractivity contribution >= 4 is 17.8 Å². The van der Waals surface area contributed by atoms with Crippen molar-refractivity contribution in [1.29, 1.82) is 0 Å². The van der Waals surface area contributed by atoms with E-state index in [1.807, 2.05) is 0 Å². The second-order valence-electron chi connectivity index (χ2n) is 15.5. The van der Waals surface area contributed by atoms with E-state index in [2.05, 4.69) is 96.9 Å². The van der Waals surface area contributed by atoms with Gasteiger partial charge in [-0.15, -0.1) is 0 Å². The summed E-state index contributed by atoms with van der Waals surface area (Å²) in [5.41, 5.74) is 0.832. The van der Waals surface area contributed by atoms with Crippen molar-refractivity contribution in [3.05, 3.63) is 0 Å². The molecule has 9 heteroatoms. The van der Waals surface area contributed by atoms with Crippen LogP contribution in [-0.4, -0.2) is 68.5 Å². The van der Waals surface area contributed by atoms with Crippen molar-refractivity contribution in [1.82, 2.24) is 25.6 Å². The van der Waals surface area contributed by atoms with Crippen LogP contribution in [0.4, 0.5) is 17.8 Å². The van der Waals surface area contributed by atoms with E-state index in [1.165, 1.54) is 51.4 Å². The minimum atomic E-state index is 0.144. The van der Waals surface area contributed by atoms with Gasteiger partial charge in [0.1, 0.15) is 0 Å². The highest BCUT2D eigenvalue weighted by atomic mass is 16.3. The smallest absolute Gasteiger partial charge is 0.229 e. The van der Waals surface area contributed by atoms with Gasteiger partial charge in [0.25, 0.3) is 0 Å². The van der Waals surface area contributed by atoms with Gasteiger partial charge in [0.2, 0.25) is 17.8 Å². The number of piperidine rings is 2. The zero-order chi connectivity index (χ0) is 30.2. The molecule has 6 N–H and O–H groups in total. The van der Waals surface area contributed by atoms with Crippen LogP contribution < -0.4 is 26.6 Å². The third kappa shape index (κ3) is 12.6. The third-order valence-corrected chi connectivity index (χ3v) is 8.45. The molecule has 3 heterocycles. The van der Waals surface area contributed by atoms with Crippen LogP contribution in [0, 0.1) is 11.8 Å². The van der Waals surface area contributed by atoms with Gasteiger partial charge in [-0.1, -0.05) is 25.7 Å². The van der Waals surface area contributed by atoms with Crippen LogP contribution in [0.2, 0.25) is 0 Å².